The van der Waals surface area contributed by atoms with Crippen LogP contribution in [0.15, 0.2) is 24.3 Å². The molecule has 75 valence electrons. The monoisotopic (exact) mass is 208 g/mol. The number of hydrogen-bond acceptors (Lipinski definition) is 1. The summed E-state index contributed by atoms with van der Waals surface area (Å²) in [5.74, 6) is 0.614. The van der Waals surface area contributed by atoms with Crippen molar-refractivity contribution in [2.45, 2.75) is 12.3 Å². The van der Waals surface area contributed by atoms with E-state index in [0.717, 1.165) is 11.6 Å². The predicted octanol–water partition coefficient (Wildman–Crippen LogP) is 2.96. The molecule has 0 saturated carbocycles. The molecule has 2 rings (SSSR count). The quantitative estimate of drug-likeness (QED) is 0.686. The van der Waals surface area contributed by atoms with E-state index in [1.54, 1.807) is 0 Å². The molecule has 0 N–H and O–H groups in total. The van der Waals surface area contributed by atoms with E-state index in [4.69, 9.17) is 11.6 Å². The maximum absolute atomic E-state index is 5.86. The van der Waals surface area contributed by atoms with Crippen molar-refractivity contribution in [1.82, 2.24) is 4.90 Å². The minimum absolute atomic E-state index is 0.614. The summed E-state index contributed by atoms with van der Waals surface area (Å²) in [5.41, 5.74) is 1.39. The number of piperidine rings is 1. The van der Waals surface area contributed by atoms with Gasteiger partial charge >= 0.3 is 0 Å². The van der Waals surface area contributed by atoms with Crippen LogP contribution in [0.4, 0.5) is 0 Å². The van der Waals surface area contributed by atoms with E-state index in [-0.39, 0.29) is 0 Å². The van der Waals surface area contributed by atoms with Gasteiger partial charge in [-0.3, -0.25) is 0 Å². The van der Waals surface area contributed by atoms with Crippen molar-refractivity contribution in [1.29, 1.82) is 0 Å². The third-order valence-electron chi connectivity index (χ3n) is 2.82. The van der Waals surface area contributed by atoms with Gasteiger partial charge in [-0.1, -0.05) is 23.7 Å². The van der Waals surface area contributed by atoms with Gasteiger partial charge in [0.2, 0.25) is 0 Å². The topological polar surface area (TPSA) is 3.24 Å². The fourth-order valence-electron chi connectivity index (χ4n) is 1.89. The number of rotatable bonds is 1. The summed E-state index contributed by atoms with van der Waals surface area (Å²) in [7, 11) is 2.16. The maximum atomic E-state index is 5.86. The lowest BCUT2D eigenvalue weighted by Gasteiger charge is -2.28. The van der Waals surface area contributed by atoms with Crippen molar-refractivity contribution in [3.8, 4) is 0 Å². The van der Waals surface area contributed by atoms with Gasteiger partial charge in [-0.15, -0.1) is 0 Å². The van der Waals surface area contributed by atoms with E-state index in [0.29, 0.717) is 5.92 Å². The fourth-order valence-corrected chi connectivity index (χ4v) is 2.01. The van der Waals surface area contributed by atoms with Crippen LogP contribution in [0.1, 0.15) is 17.9 Å². The SMILES string of the molecule is CN1C[CH][C@@H](c2ccc(Cl)cc2)CC1. The summed E-state index contributed by atoms with van der Waals surface area (Å²) in [6.45, 7) is 2.27. The highest BCUT2D eigenvalue weighted by molar-refractivity contribution is 6.30. The van der Waals surface area contributed by atoms with Gasteiger partial charge in [0.1, 0.15) is 0 Å². The number of nitrogens with zero attached hydrogens (tertiary/aromatic N) is 1. The van der Waals surface area contributed by atoms with Crippen molar-refractivity contribution in [2.75, 3.05) is 20.1 Å². The lowest BCUT2D eigenvalue weighted by Crippen LogP contribution is -2.29. The van der Waals surface area contributed by atoms with E-state index >= 15 is 0 Å². The Bertz CT molecular complexity index is 286. The largest absolute Gasteiger partial charge is 0.306 e. The fraction of sp³-hybridized carbons (Fsp3) is 0.417. The molecule has 1 aliphatic rings. The number of halogens is 1. The Morgan fingerprint density at radius 2 is 2.00 bits per heavy atom. The Morgan fingerprint density at radius 3 is 2.57 bits per heavy atom. The first-order valence-corrected chi connectivity index (χ1v) is 5.41. The van der Waals surface area contributed by atoms with E-state index < -0.39 is 0 Å². The van der Waals surface area contributed by atoms with Crippen molar-refractivity contribution < 1.29 is 0 Å². The zero-order chi connectivity index (χ0) is 9.97. The standard InChI is InChI=1S/C12H15ClN/c1-14-8-6-11(7-9-14)10-2-4-12(13)5-3-10/h2-6,11H,7-9H2,1H3/t11-/m1/s1. The van der Waals surface area contributed by atoms with Crippen LogP contribution in [0.3, 0.4) is 0 Å². The summed E-state index contributed by atoms with van der Waals surface area (Å²) in [5, 5.41) is 0.821. The van der Waals surface area contributed by atoms with Crippen LogP contribution in [0.2, 0.25) is 5.02 Å². The van der Waals surface area contributed by atoms with Gasteiger partial charge in [-0.2, -0.15) is 0 Å². The summed E-state index contributed by atoms with van der Waals surface area (Å²) < 4.78 is 0. The van der Waals surface area contributed by atoms with E-state index in [1.165, 1.54) is 18.5 Å². The average Bonchev–Trinajstić information content (AvgIpc) is 2.21. The van der Waals surface area contributed by atoms with Crippen molar-refractivity contribution >= 4 is 11.6 Å². The molecule has 1 aromatic rings. The normalized spacial score (nSPS) is 19.9. The Labute approximate surface area is 90.7 Å². The number of hydrogen-bond donors (Lipinski definition) is 0. The van der Waals surface area contributed by atoms with Crippen molar-refractivity contribution in [2.24, 2.45) is 0 Å². The molecule has 1 atom stereocenters. The maximum Gasteiger partial charge on any atom is 0.0406 e. The zero-order valence-corrected chi connectivity index (χ0v) is 9.17. The van der Waals surface area contributed by atoms with Gasteiger partial charge in [-0.05, 0) is 50.0 Å². The Hall–Kier alpha value is -0.530. The lowest BCUT2D eigenvalue weighted by molar-refractivity contribution is 0.302. The molecule has 1 nitrogen and oxygen atoms in total. The molecule has 0 spiro atoms. The van der Waals surface area contributed by atoms with Gasteiger partial charge in [-0.25, -0.2) is 0 Å². The first-order chi connectivity index (χ1) is 6.75. The highest BCUT2D eigenvalue weighted by Crippen LogP contribution is 2.27. The Kier molecular flexibility index (Phi) is 3.09. The van der Waals surface area contributed by atoms with Gasteiger partial charge in [0.15, 0.2) is 0 Å². The second-order valence-corrected chi connectivity index (χ2v) is 4.38. The van der Waals surface area contributed by atoms with Crippen molar-refractivity contribution in [3.63, 3.8) is 0 Å². The minimum atomic E-state index is 0.614. The van der Waals surface area contributed by atoms with E-state index in [2.05, 4.69) is 30.5 Å². The molecule has 1 aromatic carbocycles. The third kappa shape index (κ3) is 2.28. The molecule has 0 aromatic heterocycles. The summed E-state index contributed by atoms with van der Waals surface area (Å²) in [4.78, 5) is 2.34. The molecule has 1 heterocycles. The van der Waals surface area contributed by atoms with Gasteiger partial charge in [0, 0.05) is 11.6 Å². The second kappa shape index (κ2) is 4.33. The molecule has 14 heavy (non-hydrogen) atoms. The van der Waals surface area contributed by atoms with Gasteiger partial charge < -0.3 is 4.90 Å². The molecule has 0 aliphatic carbocycles. The van der Waals surface area contributed by atoms with Crippen LogP contribution < -0.4 is 0 Å². The first-order valence-electron chi connectivity index (χ1n) is 5.03. The molecular weight excluding hydrogens is 194 g/mol. The highest BCUT2D eigenvalue weighted by Gasteiger charge is 2.18. The van der Waals surface area contributed by atoms with Gasteiger partial charge in [0.25, 0.3) is 0 Å². The molecule has 0 bridgehead atoms. The summed E-state index contributed by atoms with van der Waals surface area (Å²) in [6.07, 6.45) is 3.60. The smallest absolute Gasteiger partial charge is 0.0406 e. The van der Waals surface area contributed by atoms with Crippen LogP contribution >= 0.6 is 11.6 Å². The molecule has 0 unspecified atom stereocenters. The molecule has 2 heteroatoms. The third-order valence-corrected chi connectivity index (χ3v) is 3.07. The molecule has 1 fully saturated rings. The highest BCUT2D eigenvalue weighted by atomic mass is 35.5. The number of benzene rings is 1. The predicted molar refractivity (Wildman–Crippen MR) is 60.6 cm³/mol. The lowest BCUT2D eigenvalue weighted by atomic mass is 9.90. The molecule has 1 radical (unpaired) electrons. The Balaban J connectivity index is 2.05. The van der Waals surface area contributed by atoms with Gasteiger partial charge in [0.05, 0.1) is 0 Å². The zero-order valence-electron chi connectivity index (χ0n) is 8.41. The van der Waals surface area contributed by atoms with Crippen molar-refractivity contribution in [3.05, 3.63) is 41.3 Å². The Morgan fingerprint density at radius 1 is 1.29 bits per heavy atom. The number of likely N-dealkylation sites (tertiary alicyclic amines) is 1. The van der Waals surface area contributed by atoms with Crippen LogP contribution in [0.25, 0.3) is 0 Å². The molecule has 1 aliphatic heterocycles. The minimum Gasteiger partial charge on any atom is -0.306 e. The van der Waals surface area contributed by atoms with Crippen LogP contribution in [0.5, 0.6) is 0 Å². The van der Waals surface area contributed by atoms with Crippen LogP contribution in [-0.4, -0.2) is 25.0 Å². The molecular formula is C12H15ClN. The van der Waals surface area contributed by atoms with E-state index in [9.17, 15) is 0 Å². The van der Waals surface area contributed by atoms with Crippen LogP contribution in [0, 0.1) is 6.42 Å². The molecule has 1 saturated heterocycles. The second-order valence-electron chi connectivity index (χ2n) is 3.94. The molecule has 0 amide bonds. The van der Waals surface area contributed by atoms with Crippen LogP contribution in [-0.2, 0) is 0 Å². The summed E-state index contributed by atoms with van der Waals surface area (Å²) in [6, 6.07) is 8.22. The summed E-state index contributed by atoms with van der Waals surface area (Å²) >= 11 is 5.86. The first kappa shape index (κ1) is 10.0. The van der Waals surface area contributed by atoms with E-state index in [1.807, 2.05) is 12.1 Å². The average molecular weight is 209 g/mol.